The first-order valence-electron chi connectivity index (χ1n) is 9.94. The summed E-state index contributed by atoms with van der Waals surface area (Å²) in [6.07, 6.45) is 4.85. The lowest BCUT2D eigenvalue weighted by atomic mass is 10.1. The number of amides is 2. The Labute approximate surface area is 189 Å². The molecule has 4 rings (SSSR count). The molecule has 2 aromatic carbocycles. The van der Waals surface area contributed by atoms with Crippen molar-refractivity contribution in [1.82, 2.24) is 14.7 Å². The molecule has 2 heterocycles. The van der Waals surface area contributed by atoms with Crippen molar-refractivity contribution in [1.29, 1.82) is 0 Å². The summed E-state index contributed by atoms with van der Waals surface area (Å²) in [7, 11) is 0. The van der Waals surface area contributed by atoms with Crippen molar-refractivity contribution in [2.75, 3.05) is 18.4 Å². The Kier molecular flexibility index (Phi) is 6.15. The van der Waals surface area contributed by atoms with Crippen LogP contribution in [0.4, 0.5) is 11.4 Å². The van der Waals surface area contributed by atoms with Crippen molar-refractivity contribution in [3.63, 3.8) is 0 Å². The molecule has 0 aliphatic carbocycles. The van der Waals surface area contributed by atoms with Gasteiger partial charge in [0.05, 0.1) is 21.9 Å². The number of benzene rings is 2. The van der Waals surface area contributed by atoms with Crippen molar-refractivity contribution in [3.05, 3.63) is 70.0 Å². The van der Waals surface area contributed by atoms with Crippen LogP contribution in [0.5, 0.6) is 0 Å². The molecule has 0 bridgehead atoms. The standard InChI is InChI=1S/C22H21Cl2N5O2/c23-16-5-4-6-17(24)20(16)29-13-18(19(27-29)21(25)30)26-15-9-7-14(8-10-15)22(31)28-11-2-1-3-12-28/h4-10,13,26H,1-3,11-12H2,(H2,25,30). The first-order valence-corrected chi connectivity index (χ1v) is 10.7. The molecule has 1 aliphatic rings. The normalized spacial score (nSPS) is 13.8. The Hall–Kier alpha value is -3.03. The Balaban J connectivity index is 1.58. The molecular formula is C22H21Cl2N5O2. The van der Waals surface area contributed by atoms with Crippen LogP contribution in [0.2, 0.25) is 10.0 Å². The number of carbonyl (C=O) groups is 2. The molecule has 0 saturated carbocycles. The molecule has 3 aromatic rings. The van der Waals surface area contributed by atoms with Gasteiger partial charge in [-0.3, -0.25) is 9.59 Å². The molecular weight excluding hydrogens is 437 g/mol. The maximum absolute atomic E-state index is 12.6. The number of likely N-dealkylation sites (tertiary alicyclic amines) is 1. The highest BCUT2D eigenvalue weighted by Crippen LogP contribution is 2.30. The van der Waals surface area contributed by atoms with Crippen molar-refractivity contribution < 1.29 is 9.59 Å². The number of anilines is 2. The average Bonchev–Trinajstić information content (AvgIpc) is 3.18. The predicted molar refractivity (Wildman–Crippen MR) is 122 cm³/mol. The van der Waals surface area contributed by atoms with E-state index >= 15 is 0 Å². The third kappa shape index (κ3) is 4.52. The number of carbonyl (C=O) groups excluding carboxylic acids is 2. The number of nitrogens with two attached hydrogens (primary N) is 1. The zero-order valence-corrected chi connectivity index (χ0v) is 18.2. The summed E-state index contributed by atoms with van der Waals surface area (Å²) in [5.74, 6) is -0.661. The molecule has 0 unspecified atom stereocenters. The minimum Gasteiger partial charge on any atom is -0.364 e. The van der Waals surface area contributed by atoms with Crippen LogP contribution in [0.25, 0.3) is 5.69 Å². The van der Waals surface area contributed by atoms with Gasteiger partial charge in [0, 0.05) is 24.3 Å². The van der Waals surface area contributed by atoms with Gasteiger partial charge in [0.2, 0.25) is 0 Å². The summed E-state index contributed by atoms with van der Waals surface area (Å²) in [5, 5.41) is 8.16. The Morgan fingerprint density at radius 2 is 1.61 bits per heavy atom. The predicted octanol–water partition coefficient (Wildman–Crippen LogP) is 4.65. The second kappa shape index (κ2) is 8.99. The van der Waals surface area contributed by atoms with Crippen LogP contribution in [0.15, 0.2) is 48.7 Å². The zero-order chi connectivity index (χ0) is 22.0. The molecule has 2 amide bonds. The van der Waals surface area contributed by atoms with Crippen LogP contribution in [0.3, 0.4) is 0 Å². The monoisotopic (exact) mass is 457 g/mol. The van der Waals surface area contributed by atoms with Gasteiger partial charge in [0.1, 0.15) is 5.69 Å². The minimum absolute atomic E-state index is 0.0326. The number of primary amides is 1. The lowest BCUT2D eigenvalue weighted by Gasteiger charge is -2.26. The number of aromatic nitrogens is 2. The average molecular weight is 458 g/mol. The second-order valence-corrected chi connectivity index (χ2v) is 8.14. The number of para-hydroxylation sites is 1. The van der Waals surface area contributed by atoms with Crippen molar-refractivity contribution >= 4 is 46.4 Å². The molecule has 1 aromatic heterocycles. The van der Waals surface area contributed by atoms with E-state index in [0.29, 0.717) is 32.7 Å². The van der Waals surface area contributed by atoms with Crippen LogP contribution in [0, 0.1) is 0 Å². The summed E-state index contributed by atoms with van der Waals surface area (Å²) in [5.41, 5.74) is 7.72. The van der Waals surface area contributed by atoms with Crippen LogP contribution in [0.1, 0.15) is 40.1 Å². The molecule has 0 atom stereocenters. The zero-order valence-electron chi connectivity index (χ0n) is 16.6. The van der Waals surface area contributed by atoms with Crippen molar-refractivity contribution in [2.45, 2.75) is 19.3 Å². The van der Waals surface area contributed by atoms with Gasteiger partial charge in [-0.2, -0.15) is 5.10 Å². The van der Waals surface area contributed by atoms with Gasteiger partial charge in [-0.15, -0.1) is 0 Å². The second-order valence-electron chi connectivity index (χ2n) is 7.33. The highest BCUT2D eigenvalue weighted by Gasteiger charge is 2.20. The van der Waals surface area contributed by atoms with Gasteiger partial charge in [-0.25, -0.2) is 4.68 Å². The topological polar surface area (TPSA) is 93.2 Å². The first-order chi connectivity index (χ1) is 14.9. The molecule has 0 radical (unpaired) electrons. The summed E-state index contributed by atoms with van der Waals surface area (Å²) in [6.45, 7) is 1.59. The number of hydrogen-bond acceptors (Lipinski definition) is 4. The highest BCUT2D eigenvalue weighted by atomic mass is 35.5. The smallest absolute Gasteiger partial charge is 0.271 e. The summed E-state index contributed by atoms with van der Waals surface area (Å²) >= 11 is 12.5. The van der Waals surface area contributed by atoms with Gasteiger partial charge in [0.25, 0.3) is 11.8 Å². The Bertz CT molecular complexity index is 1100. The van der Waals surface area contributed by atoms with E-state index in [2.05, 4.69) is 10.4 Å². The lowest BCUT2D eigenvalue weighted by molar-refractivity contribution is 0.0724. The SMILES string of the molecule is NC(=O)c1nn(-c2c(Cl)cccc2Cl)cc1Nc1ccc(C(=O)N2CCCCC2)cc1. The lowest BCUT2D eigenvalue weighted by Crippen LogP contribution is -2.35. The number of rotatable bonds is 5. The Morgan fingerprint density at radius 1 is 0.968 bits per heavy atom. The van der Waals surface area contributed by atoms with Gasteiger partial charge in [-0.1, -0.05) is 29.3 Å². The minimum atomic E-state index is -0.693. The molecule has 1 saturated heterocycles. The fraction of sp³-hybridized carbons (Fsp3) is 0.227. The molecule has 1 aliphatic heterocycles. The van der Waals surface area contributed by atoms with Gasteiger partial charge in [-0.05, 0) is 55.7 Å². The number of halogens is 2. The van der Waals surface area contributed by atoms with Crippen molar-refractivity contribution in [3.8, 4) is 5.69 Å². The quantitative estimate of drug-likeness (QED) is 0.582. The molecule has 0 spiro atoms. The summed E-state index contributed by atoms with van der Waals surface area (Å²) in [4.78, 5) is 26.5. The van der Waals surface area contributed by atoms with Crippen molar-refractivity contribution in [2.24, 2.45) is 5.73 Å². The molecule has 31 heavy (non-hydrogen) atoms. The van der Waals surface area contributed by atoms with E-state index in [4.69, 9.17) is 28.9 Å². The molecule has 160 valence electrons. The maximum atomic E-state index is 12.6. The van der Waals surface area contributed by atoms with E-state index < -0.39 is 5.91 Å². The van der Waals surface area contributed by atoms with Gasteiger partial charge >= 0.3 is 0 Å². The van der Waals surface area contributed by atoms with E-state index in [1.807, 2.05) is 4.90 Å². The fourth-order valence-corrected chi connectivity index (χ4v) is 4.17. The maximum Gasteiger partial charge on any atom is 0.271 e. The van der Waals surface area contributed by atoms with E-state index in [1.165, 1.54) is 11.1 Å². The fourth-order valence-electron chi connectivity index (χ4n) is 3.60. The number of piperidine rings is 1. The third-order valence-corrected chi connectivity index (χ3v) is 5.78. The van der Waals surface area contributed by atoms with E-state index in [9.17, 15) is 9.59 Å². The van der Waals surface area contributed by atoms with Crippen LogP contribution >= 0.6 is 23.2 Å². The number of hydrogen-bond donors (Lipinski definition) is 2. The van der Waals surface area contributed by atoms with E-state index in [-0.39, 0.29) is 11.6 Å². The largest absolute Gasteiger partial charge is 0.364 e. The van der Waals surface area contributed by atoms with E-state index in [1.54, 1.807) is 48.7 Å². The first kappa shape index (κ1) is 21.2. The molecule has 9 heteroatoms. The summed E-state index contributed by atoms with van der Waals surface area (Å²) < 4.78 is 1.42. The van der Waals surface area contributed by atoms with Gasteiger partial charge in [0.15, 0.2) is 5.69 Å². The molecule has 1 fully saturated rings. The summed E-state index contributed by atoms with van der Waals surface area (Å²) in [6, 6.07) is 12.2. The highest BCUT2D eigenvalue weighted by molar-refractivity contribution is 6.37. The number of nitrogens with zero attached hydrogens (tertiary/aromatic N) is 3. The van der Waals surface area contributed by atoms with Crippen LogP contribution in [-0.4, -0.2) is 39.6 Å². The van der Waals surface area contributed by atoms with Crippen LogP contribution in [-0.2, 0) is 0 Å². The van der Waals surface area contributed by atoms with Crippen LogP contribution < -0.4 is 11.1 Å². The molecule has 3 N–H and O–H groups in total. The Morgan fingerprint density at radius 3 is 2.23 bits per heavy atom. The molecule has 7 nitrogen and oxygen atoms in total. The third-order valence-electron chi connectivity index (χ3n) is 5.17. The van der Waals surface area contributed by atoms with Gasteiger partial charge < -0.3 is 16.0 Å². The van der Waals surface area contributed by atoms with E-state index in [0.717, 1.165) is 25.9 Å². The number of nitrogens with one attached hydrogen (secondary N) is 1.